The molecule has 0 aliphatic carbocycles. The molecule has 0 bridgehead atoms. The molecule has 0 radical (unpaired) electrons. The maximum atomic E-state index is 13.1. The van der Waals surface area contributed by atoms with E-state index in [0.717, 1.165) is 17.0 Å². The van der Waals surface area contributed by atoms with Crippen molar-refractivity contribution in [3.05, 3.63) is 87.7 Å². The minimum atomic E-state index is -4.90. The highest BCUT2D eigenvalue weighted by molar-refractivity contribution is 6.51. The number of alkyl halides is 3. The number of amides is 1. The first-order chi connectivity index (χ1) is 17.0. The van der Waals surface area contributed by atoms with Crippen LogP contribution in [0.25, 0.3) is 5.76 Å². The van der Waals surface area contributed by atoms with Gasteiger partial charge in [-0.15, -0.1) is 13.2 Å². The standard InChI is InChI=1S/C24H15Cl2F3N2O5/c1-35-22-16(25)10-13(11-17(22)26)20(32)18-19(12-6-8-30-9-7-12)31(23(34)21(18)33)14-2-4-15(5-3-14)36-24(27,28)29/h2-11,19,32H,1H3/b20-18+. The fourth-order valence-corrected chi connectivity index (χ4v) is 4.46. The summed E-state index contributed by atoms with van der Waals surface area (Å²) in [4.78, 5) is 31.3. The van der Waals surface area contributed by atoms with Gasteiger partial charge in [-0.25, -0.2) is 0 Å². The van der Waals surface area contributed by atoms with Crippen molar-refractivity contribution in [3.8, 4) is 11.5 Å². The van der Waals surface area contributed by atoms with Gasteiger partial charge in [-0.2, -0.15) is 0 Å². The number of hydrogen-bond donors (Lipinski definition) is 1. The van der Waals surface area contributed by atoms with Crippen LogP contribution in [0.2, 0.25) is 10.0 Å². The Morgan fingerprint density at radius 2 is 1.61 bits per heavy atom. The van der Waals surface area contributed by atoms with E-state index in [1.54, 1.807) is 0 Å². The summed E-state index contributed by atoms with van der Waals surface area (Å²) in [5.74, 6) is -2.93. The van der Waals surface area contributed by atoms with E-state index in [0.29, 0.717) is 5.56 Å². The highest BCUT2D eigenvalue weighted by Crippen LogP contribution is 2.44. The van der Waals surface area contributed by atoms with Crippen LogP contribution in [-0.4, -0.2) is 35.3 Å². The topological polar surface area (TPSA) is 89.0 Å². The quantitative estimate of drug-likeness (QED) is 0.246. The number of methoxy groups -OCH3 is 1. The first kappa shape index (κ1) is 25.3. The van der Waals surface area contributed by atoms with Crippen molar-refractivity contribution in [1.82, 2.24) is 4.98 Å². The smallest absolute Gasteiger partial charge is 0.507 e. The maximum absolute atomic E-state index is 13.1. The molecule has 1 aliphatic heterocycles. The molecule has 36 heavy (non-hydrogen) atoms. The van der Waals surface area contributed by atoms with Gasteiger partial charge in [0.1, 0.15) is 11.5 Å². The molecule has 1 N–H and O–H groups in total. The van der Waals surface area contributed by atoms with Gasteiger partial charge in [0, 0.05) is 23.6 Å². The van der Waals surface area contributed by atoms with E-state index in [9.17, 15) is 27.9 Å². The number of nitrogens with zero attached hydrogens (tertiary/aromatic N) is 2. The molecular formula is C24H15Cl2F3N2O5. The van der Waals surface area contributed by atoms with Crippen molar-refractivity contribution in [2.45, 2.75) is 12.4 Å². The largest absolute Gasteiger partial charge is 0.573 e. The zero-order valence-electron chi connectivity index (χ0n) is 18.2. The maximum Gasteiger partial charge on any atom is 0.573 e. The minimum absolute atomic E-state index is 0.0526. The van der Waals surface area contributed by atoms with E-state index < -0.39 is 35.6 Å². The molecule has 4 rings (SSSR count). The van der Waals surface area contributed by atoms with Crippen LogP contribution in [0.3, 0.4) is 0 Å². The Labute approximate surface area is 212 Å². The van der Waals surface area contributed by atoms with Gasteiger partial charge in [0.2, 0.25) is 0 Å². The normalized spacial score (nSPS) is 17.4. The fourth-order valence-electron chi connectivity index (χ4n) is 3.82. The van der Waals surface area contributed by atoms with E-state index in [1.807, 2.05) is 0 Å². The summed E-state index contributed by atoms with van der Waals surface area (Å²) in [5.41, 5.74) is 0.279. The fraction of sp³-hybridized carbons (Fsp3) is 0.125. The second-order valence-electron chi connectivity index (χ2n) is 7.46. The zero-order valence-corrected chi connectivity index (χ0v) is 19.7. The lowest BCUT2D eigenvalue weighted by Gasteiger charge is -2.25. The van der Waals surface area contributed by atoms with Crippen molar-refractivity contribution in [3.63, 3.8) is 0 Å². The number of hydrogen-bond acceptors (Lipinski definition) is 6. The number of aromatic nitrogens is 1. The first-order valence-electron chi connectivity index (χ1n) is 10.1. The predicted octanol–water partition coefficient (Wildman–Crippen LogP) is 5.92. The summed E-state index contributed by atoms with van der Waals surface area (Å²) in [6.45, 7) is 0. The molecule has 1 saturated heterocycles. The van der Waals surface area contributed by atoms with Gasteiger partial charge >= 0.3 is 6.36 Å². The third-order valence-electron chi connectivity index (χ3n) is 5.29. The van der Waals surface area contributed by atoms with Gasteiger partial charge in [0.25, 0.3) is 11.7 Å². The summed E-state index contributed by atoms with van der Waals surface area (Å²) in [6, 6.07) is 8.98. The first-order valence-corrected chi connectivity index (χ1v) is 10.9. The Morgan fingerprint density at radius 1 is 1.03 bits per heavy atom. The number of ether oxygens (including phenoxy) is 2. The van der Waals surface area contributed by atoms with Crippen LogP contribution >= 0.6 is 23.2 Å². The molecule has 1 fully saturated rings. The van der Waals surface area contributed by atoms with Gasteiger partial charge in [0.15, 0.2) is 5.75 Å². The number of anilines is 1. The Bertz CT molecular complexity index is 1340. The van der Waals surface area contributed by atoms with Crippen LogP contribution in [0.5, 0.6) is 11.5 Å². The lowest BCUT2D eigenvalue weighted by Crippen LogP contribution is -2.29. The van der Waals surface area contributed by atoms with E-state index in [-0.39, 0.29) is 32.6 Å². The lowest BCUT2D eigenvalue weighted by atomic mass is 9.95. The molecule has 2 heterocycles. The van der Waals surface area contributed by atoms with E-state index in [4.69, 9.17) is 27.9 Å². The molecule has 2 aromatic carbocycles. The third kappa shape index (κ3) is 4.82. The monoisotopic (exact) mass is 538 g/mol. The third-order valence-corrected chi connectivity index (χ3v) is 5.85. The summed E-state index contributed by atoms with van der Waals surface area (Å²) in [7, 11) is 1.35. The lowest BCUT2D eigenvalue weighted by molar-refractivity contribution is -0.274. The average Bonchev–Trinajstić information content (AvgIpc) is 3.09. The van der Waals surface area contributed by atoms with Gasteiger partial charge in [0.05, 0.1) is 28.8 Å². The number of carbonyl (C=O) groups is 2. The molecule has 1 unspecified atom stereocenters. The van der Waals surface area contributed by atoms with Gasteiger partial charge in [-0.3, -0.25) is 19.5 Å². The molecule has 12 heteroatoms. The summed E-state index contributed by atoms with van der Waals surface area (Å²) in [5, 5.41) is 11.3. The zero-order chi connectivity index (χ0) is 26.2. The molecular weight excluding hydrogens is 524 g/mol. The highest BCUT2D eigenvalue weighted by Gasteiger charge is 2.47. The molecule has 186 valence electrons. The summed E-state index contributed by atoms with van der Waals surface area (Å²) < 4.78 is 46.6. The van der Waals surface area contributed by atoms with Crippen molar-refractivity contribution in [2.24, 2.45) is 0 Å². The van der Waals surface area contributed by atoms with Gasteiger partial charge < -0.3 is 14.6 Å². The number of pyridine rings is 1. The van der Waals surface area contributed by atoms with Gasteiger partial charge in [-0.05, 0) is 54.1 Å². The van der Waals surface area contributed by atoms with Crippen molar-refractivity contribution in [1.29, 1.82) is 0 Å². The molecule has 1 aliphatic rings. The number of carbonyl (C=O) groups excluding carboxylic acids is 2. The molecule has 1 amide bonds. The summed E-state index contributed by atoms with van der Waals surface area (Å²) in [6.07, 6.45) is -2.04. The number of benzene rings is 2. The van der Waals surface area contributed by atoms with Crippen molar-refractivity contribution in [2.75, 3.05) is 12.0 Å². The van der Waals surface area contributed by atoms with Crippen molar-refractivity contribution >= 4 is 46.3 Å². The van der Waals surface area contributed by atoms with Crippen LogP contribution in [0.1, 0.15) is 17.2 Å². The molecule has 0 saturated carbocycles. The molecule has 1 atom stereocenters. The number of ketones is 1. The Kier molecular flexibility index (Phi) is 6.83. The second-order valence-corrected chi connectivity index (χ2v) is 8.28. The average molecular weight is 539 g/mol. The number of halogens is 5. The predicted molar refractivity (Wildman–Crippen MR) is 125 cm³/mol. The summed E-state index contributed by atoms with van der Waals surface area (Å²) >= 11 is 12.4. The Morgan fingerprint density at radius 3 is 2.14 bits per heavy atom. The van der Waals surface area contributed by atoms with E-state index in [1.165, 1.54) is 55.9 Å². The number of aliphatic hydroxyl groups is 1. The minimum Gasteiger partial charge on any atom is -0.507 e. The van der Waals surface area contributed by atoms with Gasteiger partial charge in [-0.1, -0.05) is 23.2 Å². The molecule has 0 spiro atoms. The number of rotatable bonds is 5. The Hall–Kier alpha value is -3.76. The van der Waals surface area contributed by atoms with E-state index >= 15 is 0 Å². The second kappa shape index (κ2) is 9.71. The molecule has 1 aromatic heterocycles. The SMILES string of the molecule is COc1c(Cl)cc(/C(O)=C2\C(=O)C(=O)N(c3ccc(OC(F)(F)F)cc3)C2c2ccncc2)cc1Cl. The highest BCUT2D eigenvalue weighted by atomic mass is 35.5. The van der Waals surface area contributed by atoms with E-state index in [2.05, 4.69) is 9.72 Å². The van der Waals surface area contributed by atoms with Crippen LogP contribution in [0.4, 0.5) is 18.9 Å². The number of Topliss-reactive ketones (excluding diaryl/α,β-unsaturated/α-hetero) is 1. The molecule has 7 nitrogen and oxygen atoms in total. The molecule has 3 aromatic rings. The van der Waals surface area contributed by atoms with Crippen LogP contribution in [0.15, 0.2) is 66.5 Å². The van der Waals surface area contributed by atoms with Crippen molar-refractivity contribution < 1.29 is 37.3 Å². The number of aliphatic hydroxyl groups excluding tert-OH is 1. The Balaban J connectivity index is 1.86. The van der Waals surface area contributed by atoms with Crippen LogP contribution in [0, 0.1) is 0 Å². The van der Waals surface area contributed by atoms with Crippen LogP contribution < -0.4 is 14.4 Å². The van der Waals surface area contributed by atoms with Crippen LogP contribution in [-0.2, 0) is 9.59 Å².